The molecule has 0 aromatic rings. The fraction of sp³-hybridized carbons (Fsp3) is 0.625. The first-order valence-electron chi connectivity index (χ1n) is 4.25. The second-order valence-electron chi connectivity index (χ2n) is 2.66. The van der Waals surface area contributed by atoms with Crippen molar-refractivity contribution in [2.45, 2.75) is 12.5 Å². The van der Waals surface area contributed by atoms with E-state index in [0.717, 1.165) is 0 Å². The van der Waals surface area contributed by atoms with Crippen molar-refractivity contribution < 1.29 is 14.7 Å². The van der Waals surface area contributed by atoms with Crippen molar-refractivity contribution in [1.29, 1.82) is 5.26 Å². The fourth-order valence-corrected chi connectivity index (χ4v) is 1.37. The molecule has 0 aromatic heterocycles. The number of hydrogen-bond acceptors (Lipinski definition) is 4. The molecular formula is C8H13N3O3S. The van der Waals surface area contributed by atoms with Crippen molar-refractivity contribution in [1.82, 2.24) is 10.6 Å². The minimum atomic E-state index is -1.24. The molecule has 2 amide bonds. The van der Waals surface area contributed by atoms with E-state index in [1.807, 2.05) is 6.26 Å². The van der Waals surface area contributed by atoms with Crippen LogP contribution in [0.1, 0.15) is 6.42 Å². The maximum absolute atomic E-state index is 11.3. The highest BCUT2D eigenvalue weighted by Gasteiger charge is 2.19. The number of amides is 2. The zero-order valence-corrected chi connectivity index (χ0v) is 9.13. The molecule has 0 bridgehead atoms. The van der Waals surface area contributed by atoms with Crippen molar-refractivity contribution in [3.63, 3.8) is 0 Å². The number of carbonyl (C=O) groups is 2. The average Bonchev–Trinajstić information content (AvgIpc) is 2.20. The first kappa shape index (κ1) is 13.6. The molecule has 15 heavy (non-hydrogen) atoms. The highest BCUT2D eigenvalue weighted by molar-refractivity contribution is 7.98. The first-order chi connectivity index (χ1) is 7.11. The van der Waals surface area contributed by atoms with Crippen LogP contribution in [0.4, 0.5) is 4.79 Å². The summed E-state index contributed by atoms with van der Waals surface area (Å²) in [7, 11) is 0. The van der Waals surface area contributed by atoms with Gasteiger partial charge in [0.25, 0.3) is 0 Å². The van der Waals surface area contributed by atoms with E-state index in [9.17, 15) is 9.59 Å². The number of thioether (sulfide) groups is 1. The molecule has 6 nitrogen and oxygen atoms in total. The summed E-state index contributed by atoms with van der Waals surface area (Å²) < 4.78 is 0. The maximum atomic E-state index is 11.3. The molecule has 0 spiro atoms. The van der Waals surface area contributed by atoms with Crippen LogP contribution in [0.15, 0.2) is 0 Å². The van der Waals surface area contributed by atoms with E-state index in [1.165, 1.54) is 11.8 Å². The van der Waals surface area contributed by atoms with Gasteiger partial charge >= 0.3 is 6.09 Å². The van der Waals surface area contributed by atoms with E-state index in [0.29, 0.717) is 12.2 Å². The van der Waals surface area contributed by atoms with Crippen LogP contribution >= 0.6 is 11.8 Å². The van der Waals surface area contributed by atoms with E-state index < -0.39 is 18.0 Å². The zero-order valence-electron chi connectivity index (χ0n) is 8.32. The van der Waals surface area contributed by atoms with Crippen LogP contribution in [0.25, 0.3) is 0 Å². The van der Waals surface area contributed by atoms with Gasteiger partial charge in [0.1, 0.15) is 12.6 Å². The van der Waals surface area contributed by atoms with Crippen LogP contribution in [0.2, 0.25) is 0 Å². The van der Waals surface area contributed by atoms with Crippen LogP contribution in [-0.2, 0) is 4.79 Å². The molecule has 3 N–H and O–H groups in total. The van der Waals surface area contributed by atoms with Gasteiger partial charge in [-0.1, -0.05) is 0 Å². The van der Waals surface area contributed by atoms with Crippen molar-refractivity contribution in [2.24, 2.45) is 0 Å². The first-order valence-corrected chi connectivity index (χ1v) is 5.64. The Balaban J connectivity index is 4.14. The Bertz CT molecular complexity index is 264. The lowest BCUT2D eigenvalue weighted by atomic mass is 10.2. The third-order valence-corrected chi connectivity index (χ3v) is 2.21. The molecule has 1 atom stereocenters. The summed E-state index contributed by atoms with van der Waals surface area (Å²) in [5, 5.41) is 21.2. The Kier molecular flexibility index (Phi) is 7.18. The summed E-state index contributed by atoms with van der Waals surface area (Å²) in [4.78, 5) is 21.7. The Morgan fingerprint density at radius 1 is 1.60 bits per heavy atom. The predicted molar refractivity (Wildman–Crippen MR) is 56.6 cm³/mol. The number of nitrogens with zero attached hydrogens (tertiary/aromatic N) is 1. The Morgan fingerprint density at radius 2 is 2.27 bits per heavy atom. The maximum Gasteiger partial charge on any atom is 0.405 e. The standard InChI is InChI=1S/C8H13N3O3S/c1-15-5-2-6(11-8(13)14)7(12)10-4-3-9/h6,11H,2,4-5H2,1H3,(H,10,12)(H,13,14). The molecule has 0 aliphatic carbocycles. The van der Waals surface area contributed by atoms with Crippen LogP contribution in [0.5, 0.6) is 0 Å². The predicted octanol–water partition coefficient (Wildman–Crippen LogP) is 0.0155. The van der Waals surface area contributed by atoms with Crippen molar-refractivity contribution in [2.75, 3.05) is 18.6 Å². The SMILES string of the molecule is CSCCC(NC(=O)O)C(=O)NCC#N. The van der Waals surface area contributed by atoms with Gasteiger partial charge in [0, 0.05) is 0 Å². The molecule has 7 heteroatoms. The lowest BCUT2D eigenvalue weighted by Gasteiger charge is -2.14. The van der Waals surface area contributed by atoms with Crippen molar-refractivity contribution in [3.05, 3.63) is 0 Å². The minimum Gasteiger partial charge on any atom is -0.465 e. The normalized spacial score (nSPS) is 11.2. The molecule has 0 aromatic carbocycles. The van der Waals surface area contributed by atoms with Gasteiger partial charge < -0.3 is 15.7 Å². The van der Waals surface area contributed by atoms with Crippen LogP contribution in [-0.4, -0.2) is 41.7 Å². The topological polar surface area (TPSA) is 102 Å². The lowest BCUT2D eigenvalue weighted by molar-refractivity contribution is -0.122. The van der Waals surface area contributed by atoms with Gasteiger partial charge in [-0.2, -0.15) is 17.0 Å². The van der Waals surface area contributed by atoms with Gasteiger partial charge in [0.05, 0.1) is 6.07 Å². The third-order valence-electron chi connectivity index (χ3n) is 1.57. The number of hydrogen-bond donors (Lipinski definition) is 3. The Labute approximate surface area is 92.0 Å². The molecule has 0 saturated carbocycles. The highest BCUT2D eigenvalue weighted by atomic mass is 32.2. The van der Waals surface area contributed by atoms with E-state index in [4.69, 9.17) is 10.4 Å². The zero-order chi connectivity index (χ0) is 11.7. The minimum absolute atomic E-state index is 0.115. The lowest BCUT2D eigenvalue weighted by Crippen LogP contribution is -2.46. The molecular weight excluding hydrogens is 218 g/mol. The number of carboxylic acid groups (broad SMARTS) is 1. The van der Waals surface area contributed by atoms with Gasteiger partial charge in [-0.15, -0.1) is 0 Å². The Hall–Kier alpha value is -1.42. The smallest absolute Gasteiger partial charge is 0.405 e. The number of carbonyl (C=O) groups excluding carboxylic acids is 1. The van der Waals surface area contributed by atoms with Crippen LogP contribution < -0.4 is 10.6 Å². The Morgan fingerprint density at radius 3 is 2.73 bits per heavy atom. The van der Waals surface area contributed by atoms with Crippen molar-refractivity contribution in [3.8, 4) is 6.07 Å². The molecule has 1 unspecified atom stereocenters. The summed E-state index contributed by atoms with van der Waals surface area (Å²) in [6, 6.07) is 0.962. The van der Waals surface area contributed by atoms with Crippen molar-refractivity contribution >= 4 is 23.8 Å². The summed E-state index contributed by atoms with van der Waals surface area (Å²) in [6.07, 6.45) is 1.03. The molecule has 0 heterocycles. The quantitative estimate of drug-likeness (QED) is 0.559. The van der Waals surface area contributed by atoms with E-state index in [-0.39, 0.29) is 6.54 Å². The fourth-order valence-electron chi connectivity index (χ4n) is 0.903. The van der Waals surface area contributed by atoms with Crippen LogP contribution in [0.3, 0.4) is 0 Å². The molecule has 0 fully saturated rings. The summed E-state index contributed by atoms with van der Waals surface area (Å²) in [5.74, 6) is 0.207. The number of nitrogens with one attached hydrogen (secondary N) is 2. The third kappa shape index (κ3) is 6.62. The molecule has 84 valence electrons. The summed E-state index contributed by atoms with van der Waals surface area (Å²) in [5.41, 5.74) is 0. The number of nitriles is 1. The van der Waals surface area contributed by atoms with Gasteiger partial charge in [-0.25, -0.2) is 4.79 Å². The monoisotopic (exact) mass is 231 g/mol. The molecule has 0 radical (unpaired) electrons. The second-order valence-corrected chi connectivity index (χ2v) is 3.65. The second kappa shape index (κ2) is 7.94. The average molecular weight is 231 g/mol. The molecule has 0 aliphatic heterocycles. The largest absolute Gasteiger partial charge is 0.465 e. The van der Waals surface area contributed by atoms with Gasteiger partial charge in [-0.05, 0) is 18.4 Å². The van der Waals surface area contributed by atoms with Gasteiger partial charge in [0.15, 0.2) is 0 Å². The number of rotatable bonds is 6. The van der Waals surface area contributed by atoms with Crippen LogP contribution in [0, 0.1) is 11.3 Å². The van der Waals surface area contributed by atoms with Gasteiger partial charge in [-0.3, -0.25) is 4.79 Å². The van der Waals surface area contributed by atoms with E-state index in [1.54, 1.807) is 6.07 Å². The molecule has 0 aliphatic rings. The molecule has 0 saturated heterocycles. The van der Waals surface area contributed by atoms with E-state index in [2.05, 4.69) is 10.6 Å². The molecule has 0 rings (SSSR count). The summed E-state index contributed by atoms with van der Waals surface area (Å²) in [6.45, 7) is -0.115. The summed E-state index contributed by atoms with van der Waals surface area (Å²) >= 11 is 1.52. The van der Waals surface area contributed by atoms with E-state index >= 15 is 0 Å². The van der Waals surface area contributed by atoms with Gasteiger partial charge in [0.2, 0.25) is 5.91 Å². The highest BCUT2D eigenvalue weighted by Crippen LogP contribution is 2.00.